The van der Waals surface area contributed by atoms with Gasteiger partial charge in [0.25, 0.3) is 5.91 Å². The fourth-order valence-electron chi connectivity index (χ4n) is 3.66. The fourth-order valence-corrected chi connectivity index (χ4v) is 3.66. The van der Waals surface area contributed by atoms with Crippen molar-refractivity contribution in [2.75, 3.05) is 11.9 Å². The Morgan fingerprint density at radius 2 is 1.88 bits per heavy atom. The number of aromatic nitrogens is 2. The largest absolute Gasteiger partial charge is 0.444 e. The fraction of sp³-hybridized carbons (Fsp3) is 0.320. The highest BCUT2D eigenvalue weighted by molar-refractivity contribution is 6.04. The maximum absolute atomic E-state index is 13.1. The van der Waals surface area contributed by atoms with Crippen molar-refractivity contribution in [2.45, 2.75) is 45.9 Å². The molecule has 0 atom stereocenters. The van der Waals surface area contributed by atoms with Crippen LogP contribution in [0.5, 0.6) is 0 Å². The van der Waals surface area contributed by atoms with Crippen LogP contribution in [0.2, 0.25) is 0 Å². The molecule has 172 valence electrons. The normalized spacial score (nSPS) is 13.4. The van der Waals surface area contributed by atoms with Crippen molar-refractivity contribution < 1.29 is 18.7 Å². The van der Waals surface area contributed by atoms with E-state index >= 15 is 0 Å². The van der Waals surface area contributed by atoms with Crippen LogP contribution in [0.25, 0.3) is 0 Å². The number of nitrogens with one attached hydrogen (secondary N) is 1. The van der Waals surface area contributed by atoms with Crippen molar-refractivity contribution in [3.8, 4) is 0 Å². The molecule has 2 heterocycles. The number of ether oxygens (including phenoxy) is 1. The first-order valence-corrected chi connectivity index (χ1v) is 10.8. The van der Waals surface area contributed by atoms with E-state index in [0.29, 0.717) is 37.3 Å². The molecule has 3 aromatic rings. The number of hydrogen-bond acceptors (Lipinski definition) is 4. The summed E-state index contributed by atoms with van der Waals surface area (Å²) >= 11 is 0. The molecular weight excluding hydrogens is 423 g/mol. The number of rotatable bonds is 4. The highest BCUT2D eigenvalue weighted by atomic mass is 19.1. The van der Waals surface area contributed by atoms with Gasteiger partial charge in [0, 0.05) is 25.0 Å². The number of carbonyl (C=O) groups is 2. The third-order valence-electron chi connectivity index (χ3n) is 5.28. The summed E-state index contributed by atoms with van der Waals surface area (Å²) in [6.45, 7) is 7.05. The van der Waals surface area contributed by atoms with E-state index in [1.165, 1.54) is 18.3 Å². The second-order valence-corrected chi connectivity index (χ2v) is 9.14. The molecule has 2 aromatic carbocycles. The molecule has 0 saturated heterocycles. The van der Waals surface area contributed by atoms with Gasteiger partial charge in [-0.25, -0.2) is 9.18 Å². The van der Waals surface area contributed by atoms with Crippen LogP contribution in [0.4, 0.5) is 14.9 Å². The van der Waals surface area contributed by atoms with Crippen LogP contribution >= 0.6 is 0 Å². The summed E-state index contributed by atoms with van der Waals surface area (Å²) in [5.74, 6) is -0.548. The lowest BCUT2D eigenvalue weighted by Crippen LogP contribution is -2.39. The van der Waals surface area contributed by atoms with E-state index in [-0.39, 0.29) is 17.8 Å². The molecule has 7 nitrogen and oxygen atoms in total. The topological polar surface area (TPSA) is 76.5 Å². The molecule has 1 aliphatic heterocycles. The van der Waals surface area contributed by atoms with E-state index in [1.54, 1.807) is 27.9 Å². The predicted molar refractivity (Wildman–Crippen MR) is 122 cm³/mol. The smallest absolute Gasteiger partial charge is 0.410 e. The number of hydrogen-bond donors (Lipinski definition) is 1. The average Bonchev–Trinajstić information content (AvgIpc) is 3.22. The van der Waals surface area contributed by atoms with Gasteiger partial charge in [-0.3, -0.25) is 9.48 Å². The lowest BCUT2D eigenvalue weighted by atomic mass is 9.99. The van der Waals surface area contributed by atoms with Gasteiger partial charge in [-0.15, -0.1) is 0 Å². The second-order valence-electron chi connectivity index (χ2n) is 9.14. The van der Waals surface area contributed by atoms with Gasteiger partial charge in [-0.2, -0.15) is 5.10 Å². The molecule has 8 heteroatoms. The van der Waals surface area contributed by atoms with E-state index in [0.717, 1.165) is 16.7 Å². The van der Waals surface area contributed by atoms with Gasteiger partial charge in [-0.1, -0.05) is 18.2 Å². The summed E-state index contributed by atoms with van der Waals surface area (Å²) in [5, 5.41) is 7.14. The van der Waals surface area contributed by atoms with Gasteiger partial charge in [-0.05, 0) is 68.1 Å². The first kappa shape index (κ1) is 22.5. The highest BCUT2D eigenvalue weighted by Crippen LogP contribution is 2.24. The third kappa shape index (κ3) is 5.77. The molecule has 0 bridgehead atoms. The Morgan fingerprint density at radius 3 is 2.61 bits per heavy atom. The maximum atomic E-state index is 13.1. The van der Waals surface area contributed by atoms with Crippen molar-refractivity contribution >= 4 is 17.7 Å². The molecule has 0 radical (unpaired) electrons. The monoisotopic (exact) mass is 450 g/mol. The first-order valence-electron chi connectivity index (χ1n) is 10.8. The van der Waals surface area contributed by atoms with Crippen LogP contribution in [0.1, 0.15) is 47.8 Å². The Bertz CT molecular complexity index is 1170. The van der Waals surface area contributed by atoms with Crippen molar-refractivity contribution in [3.05, 3.63) is 82.9 Å². The number of anilines is 1. The Morgan fingerprint density at radius 1 is 1.12 bits per heavy atom. The zero-order valence-corrected chi connectivity index (χ0v) is 19.0. The van der Waals surface area contributed by atoms with Crippen LogP contribution in [0, 0.1) is 5.82 Å². The maximum Gasteiger partial charge on any atom is 0.410 e. The molecule has 2 amide bonds. The average molecular weight is 451 g/mol. The summed E-state index contributed by atoms with van der Waals surface area (Å²) in [6.07, 6.45) is 3.54. The zero-order valence-electron chi connectivity index (χ0n) is 19.0. The van der Waals surface area contributed by atoms with Gasteiger partial charge in [0.05, 0.1) is 18.3 Å². The lowest BCUT2D eigenvalue weighted by molar-refractivity contribution is 0.0224. The minimum Gasteiger partial charge on any atom is -0.444 e. The van der Waals surface area contributed by atoms with E-state index in [4.69, 9.17) is 4.74 Å². The minimum atomic E-state index is -0.529. The molecule has 1 aliphatic rings. The molecule has 1 aromatic heterocycles. The van der Waals surface area contributed by atoms with Crippen molar-refractivity contribution in [2.24, 2.45) is 0 Å². The van der Waals surface area contributed by atoms with Gasteiger partial charge in [0.2, 0.25) is 0 Å². The van der Waals surface area contributed by atoms with Gasteiger partial charge >= 0.3 is 6.09 Å². The van der Waals surface area contributed by atoms with Crippen LogP contribution < -0.4 is 5.32 Å². The summed E-state index contributed by atoms with van der Waals surface area (Å²) in [5.41, 5.74) is 3.62. The molecular formula is C25H27FN4O3. The summed E-state index contributed by atoms with van der Waals surface area (Å²) in [6, 6.07) is 11.9. The van der Waals surface area contributed by atoms with E-state index in [2.05, 4.69) is 10.4 Å². The van der Waals surface area contributed by atoms with E-state index in [9.17, 15) is 14.0 Å². The second kappa shape index (κ2) is 9.05. The van der Waals surface area contributed by atoms with Gasteiger partial charge in [0.1, 0.15) is 11.4 Å². The molecule has 4 rings (SSSR count). The number of carbonyl (C=O) groups excluding carboxylic acids is 2. The number of nitrogens with zero attached hydrogens (tertiary/aromatic N) is 3. The predicted octanol–water partition coefficient (Wildman–Crippen LogP) is 4.62. The molecule has 0 saturated carbocycles. The molecule has 0 spiro atoms. The zero-order chi connectivity index (χ0) is 23.6. The van der Waals surface area contributed by atoms with Crippen molar-refractivity contribution in [1.29, 1.82) is 0 Å². The van der Waals surface area contributed by atoms with Gasteiger partial charge in [0.15, 0.2) is 0 Å². The quantitative estimate of drug-likeness (QED) is 0.630. The molecule has 1 N–H and O–H groups in total. The summed E-state index contributed by atoms with van der Waals surface area (Å²) < 4.78 is 20.2. The third-order valence-corrected chi connectivity index (χ3v) is 5.28. The van der Waals surface area contributed by atoms with E-state index < -0.39 is 5.60 Å². The molecule has 0 fully saturated rings. The van der Waals surface area contributed by atoms with Crippen LogP contribution in [0.3, 0.4) is 0 Å². The summed E-state index contributed by atoms with van der Waals surface area (Å²) in [4.78, 5) is 26.7. The van der Waals surface area contributed by atoms with Crippen LogP contribution in [-0.4, -0.2) is 38.8 Å². The van der Waals surface area contributed by atoms with Crippen molar-refractivity contribution in [1.82, 2.24) is 14.7 Å². The van der Waals surface area contributed by atoms with Crippen LogP contribution in [0.15, 0.2) is 54.9 Å². The number of fused-ring (bicyclic) bond motifs is 1. The van der Waals surface area contributed by atoms with Crippen molar-refractivity contribution in [3.63, 3.8) is 0 Å². The number of benzene rings is 2. The molecule has 0 unspecified atom stereocenters. The Kier molecular flexibility index (Phi) is 6.18. The number of halogens is 1. The molecule has 0 aliphatic carbocycles. The first-order chi connectivity index (χ1) is 15.7. The van der Waals surface area contributed by atoms with Gasteiger partial charge < -0.3 is 15.0 Å². The van der Waals surface area contributed by atoms with E-state index in [1.807, 2.05) is 39.0 Å². The minimum absolute atomic E-state index is 0.258. The van der Waals surface area contributed by atoms with Crippen LogP contribution in [-0.2, 0) is 24.2 Å². The standard InChI is InChI=1S/C25H27FN4O3/c1-25(2,3)33-24(32)29-11-10-18-12-22(9-6-19(18)15-29)28-23(31)20-13-27-30(16-20)14-17-4-7-21(26)8-5-17/h4-9,12-13,16H,10-11,14-15H2,1-3H3,(H,28,31). The number of amides is 2. The highest BCUT2D eigenvalue weighted by Gasteiger charge is 2.26. The molecule has 33 heavy (non-hydrogen) atoms. The summed E-state index contributed by atoms with van der Waals surface area (Å²) in [7, 11) is 0. The Hall–Kier alpha value is -3.68. The lowest BCUT2D eigenvalue weighted by Gasteiger charge is -2.31. The Balaban J connectivity index is 1.37. The SMILES string of the molecule is CC(C)(C)OC(=O)N1CCc2cc(NC(=O)c3cnn(Cc4ccc(F)cc4)c3)ccc2C1. The Labute approximate surface area is 192 Å².